The maximum Gasteiger partial charge on any atom is 0.225 e. The van der Waals surface area contributed by atoms with Crippen LogP contribution in [0.2, 0.25) is 0 Å². The molecule has 0 aliphatic carbocycles. The lowest BCUT2D eigenvalue weighted by molar-refractivity contribution is -0.135. The van der Waals surface area contributed by atoms with E-state index in [9.17, 15) is 4.79 Å². The fourth-order valence-electron chi connectivity index (χ4n) is 4.33. The summed E-state index contributed by atoms with van der Waals surface area (Å²) in [6.07, 6.45) is 5.70. The van der Waals surface area contributed by atoms with Gasteiger partial charge in [0.25, 0.3) is 0 Å². The van der Waals surface area contributed by atoms with Gasteiger partial charge in [0, 0.05) is 64.1 Å². The number of nitrogens with zero attached hydrogens (tertiary/aromatic N) is 4. The monoisotopic (exact) mass is 344 g/mol. The summed E-state index contributed by atoms with van der Waals surface area (Å²) in [7, 11) is 2.11. The molecule has 3 fully saturated rings. The number of likely N-dealkylation sites (N-methyl/N-ethyl adjacent to an activating group) is 1. The number of aromatic nitrogens is 1. The number of carbonyl (C=O) groups is 1. The Kier molecular flexibility index (Phi) is 5.01. The highest BCUT2D eigenvalue weighted by atomic mass is 16.5. The summed E-state index contributed by atoms with van der Waals surface area (Å²) in [4.78, 5) is 23.3. The molecular formula is C19H28N4O2. The van der Waals surface area contributed by atoms with E-state index in [2.05, 4.69) is 34.0 Å². The van der Waals surface area contributed by atoms with Crippen molar-refractivity contribution in [1.29, 1.82) is 0 Å². The van der Waals surface area contributed by atoms with E-state index in [-0.39, 0.29) is 12.0 Å². The van der Waals surface area contributed by atoms with Gasteiger partial charge in [-0.15, -0.1) is 0 Å². The molecule has 1 aromatic heterocycles. The summed E-state index contributed by atoms with van der Waals surface area (Å²) in [6.45, 7) is 6.68. The lowest BCUT2D eigenvalue weighted by Crippen LogP contribution is -2.47. The molecule has 0 bridgehead atoms. The molecule has 25 heavy (non-hydrogen) atoms. The van der Waals surface area contributed by atoms with Crippen molar-refractivity contribution >= 4 is 5.91 Å². The van der Waals surface area contributed by atoms with Crippen LogP contribution in [0.1, 0.15) is 18.4 Å². The molecule has 0 radical (unpaired) electrons. The fourth-order valence-corrected chi connectivity index (χ4v) is 4.33. The van der Waals surface area contributed by atoms with Crippen LogP contribution in [-0.4, -0.2) is 84.1 Å². The predicted molar refractivity (Wildman–Crippen MR) is 95.0 cm³/mol. The van der Waals surface area contributed by atoms with Crippen LogP contribution in [0.4, 0.5) is 0 Å². The van der Waals surface area contributed by atoms with Crippen molar-refractivity contribution in [2.75, 3.05) is 46.3 Å². The number of ether oxygens (including phenoxy) is 1. The summed E-state index contributed by atoms with van der Waals surface area (Å²) < 4.78 is 6.22. The maximum atomic E-state index is 12.5. The van der Waals surface area contributed by atoms with Gasteiger partial charge >= 0.3 is 0 Å². The normalized spacial score (nSPS) is 30.6. The predicted octanol–water partition coefficient (Wildman–Crippen LogP) is 0.835. The molecule has 3 aliphatic rings. The molecule has 1 amide bonds. The molecule has 3 aliphatic heterocycles. The molecule has 0 saturated carbocycles. The Bertz CT molecular complexity index is 574. The molecular weight excluding hydrogens is 316 g/mol. The highest BCUT2D eigenvalue weighted by Gasteiger charge is 2.42. The third-order valence-electron chi connectivity index (χ3n) is 5.80. The van der Waals surface area contributed by atoms with Crippen LogP contribution in [0.15, 0.2) is 24.5 Å². The lowest BCUT2D eigenvalue weighted by Gasteiger charge is -2.33. The van der Waals surface area contributed by atoms with Crippen LogP contribution in [0.3, 0.4) is 0 Å². The standard InChI is InChI=1S/C19H28N4O2/c1-21-6-8-23(9-7-21)19(24)11-17-10-16-13-22(14-18(16)25-17)12-15-2-4-20-5-3-15/h2-5,16-18H,6-14H2,1H3/t16-,17+,18+/m1/s1. The first-order valence-corrected chi connectivity index (χ1v) is 9.40. The van der Waals surface area contributed by atoms with Gasteiger partial charge in [-0.1, -0.05) is 0 Å². The van der Waals surface area contributed by atoms with E-state index in [1.165, 1.54) is 5.56 Å². The summed E-state index contributed by atoms with van der Waals surface area (Å²) >= 11 is 0. The van der Waals surface area contributed by atoms with E-state index < -0.39 is 0 Å². The topological polar surface area (TPSA) is 48.9 Å². The minimum absolute atomic E-state index is 0.116. The van der Waals surface area contributed by atoms with E-state index >= 15 is 0 Å². The third-order valence-corrected chi connectivity index (χ3v) is 5.80. The number of amides is 1. The van der Waals surface area contributed by atoms with Crippen LogP contribution in [0, 0.1) is 5.92 Å². The second-order valence-electron chi connectivity index (χ2n) is 7.73. The van der Waals surface area contributed by atoms with E-state index in [1.54, 1.807) is 0 Å². The average molecular weight is 344 g/mol. The van der Waals surface area contributed by atoms with Gasteiger partial charge in [0.1, 0.15) is 0 Å². The first-order valence-electron chi connectivity index (χ1n) is 9.40. The van der Waals surface area contributed by atoms with E-state index in [0.29, 0.717) is 18.4 Å². The molecule has 6 nitrogen and oxygen atoms in total. The van der Waals surface area contributed by atoms with E-state index in [0.717, 1.165) is 52.2 Å². The summed E-state index contributed by atoms with van der Waals surface area (Å²) in [5, 5.41) is 0. The second kappa shape index (κ2) is 7.40. The molecule has 4 rings (SSSR count). The Morgan fingerprint density at radius 3 is 2.68 bits per heavy atom. The highest BCUT2D eigenvalue weighted by molar-refractivity contribution is 5.76. The molecule has 3 saturated heterocycles. The largest absolute Gasteiger partial charge is 0.373 e. The Morgan fingerprint density at radius 2 is 1.96 bits per heavy atom. The molecule has 0 unspecified atom stereocenters. The zero-order chi connectivity index (χ0) is 17.2. The third kappa shape index (κ3) is 4.02. The van der Waals surface area contributed by atoms with E-state index in [4.69, 9.17) is 4.74 Å². The van der Waals surface area contributed by atoms with Crippen molar-refractivity contribution in [2.24, 2.45) is 5.92 Å². The van der Waals surface area contributed by atoms with Crippen molar-refractivity contribution in [3.63, 3.8) is 0 Å². The average Bonchev–Trinajstić information content (AvgIpc) is 3.14. The molecule has 0 N–H and O–H groups in total. The van der Waals surface area contributed by atoms with Gasteiger partial charge in [0.15, 0.2) is 0 Å². The Hall–Kier alpha value is -1.50. The molecule has 1 aromatic rings. The fraction of sp³-hybridized carbons (Fsp3) is 0.684. The number of hydrogen-bond acceptors (Lipinski definition) is 5. The van der Waals surface area contributed by atoms with Gasteiger partial charge in [-0.05, 0) is 31.2 Å². The second-order valence-corrected chi connectivity index (χ2v) is 7.73. The quantitative estimate of drug-likeness (QED) is 0.810. The van der Waals surface area contributed by atoms with Crippen LogP contribution in [0.5, 0.6) is 0 Å². The van der Waals surface area contributed by atoms with Gasteiger partial charge < -0.3 is 14.5 Å². The first kappa shape index (κ1) is 16.9. The van der Waals surface area contributed by atoms with Crippen LogP contribution >= 0.6 is 0 Å². The minimum atomic E-state index is 0.116. The molecule has 3 atom stereocenters. The van der Waals surface area contributed by atoms with Crippen molar-refractivity contribution in [3.05, 3.63) is 30.1 Å². The Labute approximate surface area is 149 Å². The minimum Gasteiger partial charge on any atom is -0.373 e. The number of pyridine rings is 1. The van der Waals surface area contributed by atoms with E-state index in [1.807, 2.05) is 17.3 Å². The number of rotatable bonds is 4. The number of hydrogen-bond donors (Lipinski definition) is 0. The molecule has 0 spiro atoms. The summed E-state index contributed by atoms with van der Waals surface area (Å²) in [6, 6.07) is 4.15. The first-order chi connectivity index (χ1) is 12.2. The van der Waals surface area contributed by atoms with Crippen LogP contribution in [-0.2, 0) is 16.1 Å². The zero-order valence-electron chi connectivity index (χ0n) is 15.0. The number of fused-ring (bicyclic) bond motifs is 1. The smallest absolute Gasteiger partial charge is 0.225 e. The number of piperazine rings is 1. The van der Waals surface area contributed by atoms with Gasteiger partial charge in [-0.25, -0.2) is 0 Å². The SMILES string of the molecule is CN1CCN(C(=O)C[C@@H]2C[C@@H]3CN(Cc4ccncc4)C[C@@H]3O2)CC1. The van der Waals surface area contributed by atoms with Crippen molar-refractivity contribution < 1.29 is 9.53 Å². The Balaban J connectivity index is 1.23. The highest BCUT2D eigenvalue weighted by Crippen LogP contribution is 2.35. The summed E-state index contributed by atoms with van der Waals surface area (Å²) in [5.74, 6) is 0.846. The van der Waals surface area contributed by atoms with Crippen LogP contribution < -0.4 is 0 Å². The van der Waals surface area contributed by atoms with Crippen molar-refractivity contribution in [3.8, 4) is 0 Å². The van der Waals surface area contributed by atoms with Gasteiger partial charge in [0.05, 0.1) is 18.6 Å². The Morgan fingerprint density at radius 1 is 1.20 bits per heavy atom. The zero-order valence-corrected chi connectivity index (χ0v) is 15.0. The van der Waals surface area contributed by atoms with Crippen molar-refractivity contribution in [1.82, 2.24) is 19.7 Å². The maximum absolute atomic E-state index is 12.5. The molecule has 136 valence electrons. The summed E-state index contributed by atoms with van der Waals surface area (Å²) in [5.41, 5.74) is 1.30. The number of likely N-dealkylation sites (tertiary alicyclic amines) is 1. The van der Waals surface area contributed by atoms with Crippen molar-refractivity contribution in [2.45, 2.75) is 31.6 Å². The lowest BCUT2D eigenvalue weighted by atomic mass is 10.0. The van der Waals surface area contributed by atoms with Gasteiger partial charge in [-0.2, -0.15) is 0 Å². The van der Waals surface area contributed by atoms with Crippen LogP contribution in [0.25, 0.3) is 0 Å². The van der Waals surface area contributed by atoms with Gasteiger partial charge in [-0.3, -0.25) is 14.7 Å². The number of carbonyl (C=O) groups excluding carboxylic acids is 1. The molecule has 6 heteroatoms. The van der Waals surface area contributed by atoms with Gasteiger partial charge in [0.2, 0.25) is 5.91 Å². The molecule has 0 aromatic carbocycles. The molecule has 4 heterocycles.